The number of nitrogens with zero attached hydrogens (tertiary/aromatic N) is 1. The second kappa shape index (κ2) is 9.92. The van der Waals surface area contributed by atoms with Crippen molar-refractivity contribution in [3.05, 3.63) is 83.2 Å². The Hall–Kier alpha value is -3.65. The highest BCUT2D eigenvalue weighted by molar-refractivity contribution is 7.19. The fourth-order valence-electron chi connectivity index (χ4n) is 4.80. The largest absolute Gasteiger partial charge is 0.469 e. The third kappa shape index (κ3) is 4.53. The molecule has 1 aromatic heterocycles. The van der Waals surface area contributed by atoms with Gasteiger partial charge in [0.2, 0.25) is 0 Å². The second-order valence-electron chi connectivity index (χ2n) is 8.65. The average molecular weight is 492 g/mol. The molecular formula is C27H29N3O4S. The summed E-state index contributed by atoms with van der Waals surface area (Å²) in [5, 5.41) is 7.43. The van der Waals surface area contributed by atoms with Crippen molar-refractivity contribution in [2.45, 2.75) is 32.4 Å². The van der Waals surface area contributed by atoms with Gasteiger partial charge in [-0.05, 0) is 31.9 Å². The zero-order chi connectivity index (χ0) is 25.2. The molecule has 3 aromatic rings. The molecular weight excluding hydrogens is 462 g/mol. The fraction of sp³-hybridized carbons (Fsp3) is 0.296. The Morgan fingerprint density at radius 2 is 1.63 bits per heavy atom. The van der Waals surface area contributed by atoms with Crippen LogP contribution in [0.15, 0.2) is 71.9 Å². The summed E-state index contributed by atoms with van der Waals surface area (Å²) in [6.07, 6.45) is 0. The van der Waals surface area contributed by atoms with Crippen LogP contribution in [0.1, 0.15) is 25.1 Å². The molecule has 0 radical (unpaired) electrons. The molecule has 0 aliphatic carbocycles. The molecule has 2 heterocycles. The second-order valence-corrected chi connectivity index (χ2v) is 9.65. The molecule has 0 saturated heterocycles. The van der Waals surface area contributed by atoms with Crippen molar-refractivity contribution in [1.29, 1.82) is 0 Å². The predicted octanol–water partition coefficient (Wildman–Crippen LogP) is 4.65. The maximum Gasteiger partial charge on any atom is 0.337 e. The summed E-state index contributed by atoms with van der Waals surface area (Å²) < 4.78 is 10.4. The van der Waals surface area contributed by atoms with Crippen LogP contribution in [0, 0.1) is 12.8 Å². The summed E-state index contributed by atoms with van der Waals surface area (Å²) in [5.41, 5.74) is 2.91. The molecule has 1 aliphatic heterocycles. The Balaban J connectivity index is 1.84. The molecule has 3 unspecified atom stereocenters. The number of ether oxygens (including phenoxy) is 2. The van der Waals surface area contributed by atoms with Crippen LogP contribution in [-0.4, -0.2) is 37.2 Å². The number of rotatable bonds is 6. The van der Waals surface area contributed by atoms with E-state index in [1.165, 1.54) is 25.6 Å². The number of thiazole rings is 1. The van der Waals surface area contributed by atoms with Gasteiger partial charge in [-0.25, -0.2) is 9.78 Å². The number of hydrogen-bond donors (Lipinski definition) is 2. The van der Waals surface area contributed by atoms with E-state index in [1.807, 2.05) is 81.4 Å². The minimum Gasteiger partial charge on any atom is -0.469 e. The standard InChI is InChI=1S/C27H29N3O4S/c1-16-20(24(31)33-4)22(29-26-28-17(2)23(35-26)18-12-8-6-9-13-18)21(25(32)34-5)27(3,30-16)19-14-10-7-11-15-19/h6-15,21-22,30H,1-5H3,(H,28,29). The summed E-state index contributed by atoms with van der Waals surface area (Å²) >= 11 is 1.48. The first-order chi connectivity index (χ1) is 16.8. The fourth-order valence-corrected chi connectivity index (χ4v) is 5.81. The van der Waals surface area contributed by atoms with Crippen LogP contribution in [0.3, 0.4) is 0 Å². The van der Waals surface area contributed by atoms with Crippen molar-refractivity contribution in [3.8, 4) is 10.4 Å². The van der Waals surface area contributed by atoms with Gasteiger partial charge in [0.05, 0.1) is 41.9 Å². The van der Waals surface area contributed by atoms with E-state index in [1.54, 1.807) is 0 Å². The number of carbonyl (C=O) groups is 2. The molecule has 0 bridgehead atoms. The van der Waals surface area contributed by atoms with E-state index in [-0.39, 0.29) is 0 Å². The number of methoxy groups -OCH3 is 2. The number of anilines is 1. The van der Waals surface area contributed by atoms with Gasteiger partial charge in [0.15, 0.2) is 5.13 Å². The lowest BCUT2D eigenvalue weighted by Gasteiger charge is -2.46. The van der Waals surface area contributed by atoms with E-state index < -0.39 is 29.4 Å². The van der Waals surface area contributed by atoms with Gasteiger partial charge in [-0.2, -0.15) is 0 Å². The van der Waals surface area contributed by atoms with Gasteiger partial charge in [0.25, 0.3) is 0 Å². The molecule has 35 heavy (non-hydrogen) atoms. The zero-order valence-corrected chi connectivity index (χ0v) is 21.2. The van der Waals surface area contributed by atoms with E-state index >= 15 is 0 Å². The summed E-state index contributed by atoms with van der Waals surface area (Å²) in [6, 6.07) is 18.9. The topological polar surface area (TPSA) is 89.5 Å². The number of aromatic nitrogens is 1. The lowest BCUT2D eigenvalue weighted by molar-refractivity contribution is -0.149. The van der Waals surface area contributed by atoms with Gasteiger partial charge in [0, 0.05) is 5.70 Å². The monoisotopic (exact) mass is 491 g/mol. The third-order valence-electron chi connectivity index (χ3n) is 6.46. The van der Waals surface area contributed by atoms with Gasteiger partial charge in [-0.1, -0.05) is 72.0 Å². The van der Waals surface area contributed by atoms with E-state index in [9.17, 15) is 9.59 Å². The summed E-state index contributed by atoms with van der Waals surface area (Å²) in [5.74, 6) is -1.77. The molecule has 0 saturated carbocycles. The quantitative estimate of drug-likeness (QED) is 0.485. The van der Waals surface area contributed by atoms with Crippen LogP contribution in [0.2, 0.25) is 0 Å². The molecule has 7 nitrogen and oxygen atoms in total. The minimum absolute atomic E-state index is 0.338. The number of esters is 2. The molecule has 2 aromatic carbocycles. The average Bonchev–Trinajstić information content (AvgIpc) is 3.24. The number of carbonyl (C=O) groups excluding carboxylic acids is 2. The van der Waals surface area contributed by atoms with E-state index in [2.05, 4.69) is 10.6 Å². The Morgan fingerprint density at radius 3 is 2.23 bits per heavy atom. The Kier molecular flexibility index (Phi) is 6.93. The van der Waals surface area contributed by atoms with Crippen LogP contribution in [0.25, 0.3) is 10.4 Å². The highest BCUT2D eigenvalue weighted by Crippen LogP contribution is 2.42. The van der Waals surface area contributed by atoms with Crippen LogP contribution >= 0.6 is 11.3 Å². The van der Waals surface area contributed by atoms with Crippen LogP contribution in [-0.2, 0) is 24.6 Å². The molecule has 1 aliphatic rings. The molecule has 2 N–H and O–H groups in total. The third-order valence-corrected chi connectivity index (χ3v) is 7.60. The van der Waals surface area contributed by atoms with Crippen molar-refractivity contribution in [2.24, 2.45) is 5.92 Å². The maximum atomic E-state index is 13.3. The maximum absolute atomic E-state index is 13.3. The predicted molar refractivity (Wildman–Crippen MR) is 137 cm³/mol. The Bertz CT molecular complexity index is 1260. The highest BCUT2D eigenvalue weighted by Gasteiger charge is 2.52. The Morgan fingerprint density at radius 1 is 1.00 bits per heavy atom. The first-order valence-corrected chi connectivity index (χ1v) is 12.1. The van der Waals surface area contributed by atoms with Crippen LogP contribution < -0.4 is 10.6 Å². The summed E-state index contributed by atoms with van der Waals surface area (Å²) in [4.78, 5) is 32.0. The van der Waals surface area contributed by atoms with Gasteiger partial charge < -0.3 is 20.1 Å². The first kappa shape index (κ1) is 24.5. The van der Waals surface area contributed by atoms with Gasteiger partial charge in [-0.15, -0.1) is 0 Å². The van der Waals surface area contributed by atoms with E-state index in [0.717, 1.165) is 21.7 Å². The van der Waals surface area contributed by atoms with Crippen molar-refractivity contribution in [2.75, 3.05) is 19.5 Å². The number of aryl methyl sites for hydroxylation is 1. The molecule has 4 rings (SSSR count). The highest BCUT2D eigenvalue weighted by atomic mass is 32.1. The number of benzene rings is 2. The normalized spacial score (nSPS) is 21.7. The van der Waals surface area contributed by atoms with Crippen LogP contribution in [0.5, 0.6) is 0 Å². The summed E-state index contributed by atoms with van der Waals surface area (Å²) in [7, 11) is 2.69. The lowest BCUT2D eigenvalue weighted by atomic mass is 9.70. The number of nitrogens with one attached hydrogen (secondary N) is 2. The molecule has 8 heteroatoms. The van der Waals surface area contributed by atoms with Crippen molar-refractivity contribution in [1.82, 2.24) is 10.3 Å². The lowest BCUT2D eigenvalue weighted by Crippen LogP contribution is -2.60. The van der Waals surface area contributed by atoms with Gasteiger partial charge in [0.1, 0.15) is 5.92 Å². The number of allylic oxidation sites excluding steroid dienone is 1. The molecule has 0 amide bonds. The van der Waals surface area contributed by atoms with E-state index in [0.29, 0.717) is 16.4 Å². The summed E-state index contributed by atoms with van der Waals surface area (Å²) in [6.45, 7) is 5.71. The van der Waals surface area contributed by atoms with Crippen molar-refractivity contribution in [3.63, 3.8) is 0 Å². The van der Waals surface area contributed by atoms with Gasteiger partial charge >= 0.3 is 11.9 Å². The molecule has 3 atom stereocenters. The number of hydrogen-bond acceptors (Lipinski definition) is 8. The van der Waals surface area contributed by atoms with Crippen LogP contribution in [0.4, 0.5) is 5.13 Å². The molecule has 0 fully saturated rings. The SMILES string of the molecule is COC(=O)C1=C(C)NC(C)(c2ccccc2)C(C(=O)OC)C1Nc1nc(C)c(-c2ccccc2)s1. The smallest absolute Gasteiger partial charge is 0.337 e. The Labute approximate surface area is 209 Å². The van der Waals surface area contributed by atoms with Gasteiger partial charge in [-0.3, -0.25) is 4.79 Å². The van der Waals surface area contributed by atoms with Crippen molar-refractivity contribution >= 4 is 28.4 Å². The minimum atomic E-state index is -0.859. The molecule has 182 valence electrons. The zero-order valence-electron chi connectivity index (χ0n) is 20.4. The first-order valence-electron chi connectivity index (χ1n) is 11.3. The molecule has 0 spiro atoms. The van der Waals surface area contributed by atoms with Crippen molar-refractivity contribution < 1.29 is 19.1 Å². The van der Waals surface area contributed by atoms with E-state index in [4.69, 9.17) is 14.5 Å².